The van der Waals surface area contributed by atoms with Crippen LogP contribution < -0.4 is 4.90 Å². The molecule has 2 aliphatic heterocycles. The molecule has 46 heavy (non-hydrogen) atoms. The first-order chi connectivity index (χ1) is 21.7. The highest BCUT2D eigenvalue weighted by Gasteiger charge is 2.43. The second kappa shape index (κ2) is 11.6. The van der Waals surface area contributed by atoms with Gasteiger partial charge in [0.15, 0.2) is 17.2 Å². The van der Waals surface area contributed by atoms with Gasteiger partial charge in [0.2, 0.25) is 0 Å². The molecule has 0 saturated carbocycles. The van der Waals surface area contributed by atoms with E-state index < -0.39 is 29.4 Å². The number of likely N-dealkylation sites (N-methyl/N-ethyl adjacent to an activating group) is 1. The minimum atomic E-state index is -0.675. The minimum Gasteiger partial charge on any atom is -0.444 e. The molecule has 2 aliphatic rings. The highest BCUT2D eigenvalue weighted by atomic mass is 35.5. The predicted molar refractivity (Wildman–Crippen MR) is 173 cm³/mol. The van der Waals surface area contributed by atoms with Gasteiger partial charge in [-0.3, -0.25) is 0 Å². The molecule has 0 radical (unpaired) electrons. The van der Waals surface area contributed by atoms with E-state index in [1.54, 1.807) is 36.4 Å². The lowest BCUT2D eigenvalue weighted by Gasteiger charge is -2.52. The molecule has 2 fully saturated rings. The van der Waals surface area contributed by atoms with Crippen molar-refractivity contribution in [2.24, 2.45) is 0 Å². The van der Waals surface area contributed by atoms with Crippen LogP contribution in [0.1, 0.15) is 53.0 Å². The molecular weight excluding hydrogens is 614 g/mol. The molecule has 2 aromatic carbocycles. The summed E-state index contributed by atoms with van der Waals surface area (Å²) < 4.78 is 37.7. The maximum Gasteiger partial charge on any atom is 0.410 e. The lowest BCUT2D eigenvalue weighted by atomic mass is 9.90. The number of pyridine rings is 1. The molecule has 0 unspecified atom stereocenters. The average Bonchev–Trinajstić information content (AvgIpc) is 3.41. The van der Waals surface area contributed by atoms with Crippen molar-refractivity contribution in [2.75, 3.05) is 38.6 Å². The van der Waals surface area contributed by atoms with Crippen molar-refractivity contribution in [3.8, 4) is 17.2 Å². The summed E-state index contributed by atoms with van der Waals surface area (Å²) in [7, 11) is 4.05. The van der Waals surface area contributed by atoms with Crippen LogP contribution >= 0.6 is 11.6 Å². The lowest BCUT2D eigenvalue weighted by molar-refractivity contribution is 0.00557. The van der Waals surface area contributed by atoms with E-state index in [-0.39, 0.29) is 34.1 Å². The zero-order valence-electron chi connectivity index (χ0n) is 26.8. The number of ether oxygens (including phenoxy) is 1. The van der Waals surface area contributed by atoms with Crippen molar-refractivity contribution >= 4 is 45.4 Å². The fourth-order valence-electron chi connectivity index (χ4n) is 6.43. The Morgan fingerprint density at radius 3 is 2.52 bits per heavy atom. The molecule has 13 heteroatoms. The normalized spacial score (nSPS) is 19.8. The van der Waals surface area contributed by atoms with Gasteiger partial charge >= 0.3 is 6.09 Å². The average molecular weight is 651 g/mol. The summed E-state index contributed by atoms with van der Waals surface area (Å²) in [5, 5.41) is 19.4. The summed E-state index contributed by atoms with van der Waals surface area (Å²) in [5.41, 5.74) is 0.987. The Bertz CT molecular complexity index is 1860. The van der Waals surface area contributed by atoms with Crippen LogP contribution in [0.4, 0.5) is 19.4 Å². The maximum absolute atomic E-state index is 16.6. The molecule has 2 aromatic heterocycles. The van der Waals surface area contributed by atoms with E-state index in [4.69, 9.17) is 21.3 Å². The molecule has 2 atom stereocenters. The topological polar surface area (TPSA) is 103 Å². The van der Waals surface area contributed by atoms with Crippen molar-refractivity contribution in [1.82, 2.24) is 29.8 Å². The number of halogens is 3. The van der Waals surface area contributed by atoms with Crippen molar-refractivity contribution in [3.05, 3.63) is 47.0 Å². The molecule has 2 saturated heterocycles. The zero-order chi connectivity index (χ0) is 33.1. The van der Waals surface area contributed by atoms with Crippen molar-refractivity contribution in [3.63, 3.8) is 0 Å². The van der Waals surface area contributed by atoms with Crippen LogP contribution in [0, 0.1) is 23.0 Å². The third kappa shape index (κ3) is 5.60. The number of hydrogen-bond acceptors (Lipinski definition) is 8. The number of aromatic nitrogens is 4. The van der Waals surface area contributed by atoms with E-state index in [0.717, 1.165) is 0 Å². The first-order valence-electron chi connectivity index (χ1n) is 15.3. The number of amides is 1. The molecule has 0 spiro atoms. The van der Waals surface area contributed by atoms with Gasteiger partial charge in [0.25, 0.3) is 0 Å². The number of benzene rings is 2. The second-order valence-corrected chi connectivity index (χ2v) is 14.1. The molecule has 6 rings (SSSR count). The summed E-state index contributed by atoms with van der Waals surface area (Å²) in [6.07, 6.45) is 0.603. The van der Waals surface area contributed by atoms with Crippen LogP contribution in [0.3, 0.4) is 0 Å². The number of likely N-dealkylation sites (tertiary alicyclic amines) is 1. The fraction of sp³-hybridized carbons (Fsp3) is 0.485. The number of anilines is 1. The Kier molecular flexibility index (Phi) is 8.05. The highest BCUT2D eigenvalue weighted by molar-refractivity contribution is 6.34. The molecule has 0 N–H and O–H groups in total. The predicted octanol–water partition coefficient (Wildman–Crippen LogP) is 6.57. The van der Waals surface area contributed by atoms with E-state index in [9.17, 15) is 14.4 Å². The van der Waals surface area contributed by atoms with Gasteiger partial charge in [-0.15, -0.1) is 5.10 Å². The molecule has 0 bridgehead atoms. The van der Waals surface area contributed by atoms with E-state index in [1.807, 2.05) is 14.1 Å². The summed E-state index contributed by atoms with van der Waals surface area (Å²) >= 11 is 6.75. The van der Waals surface area contributed by atoms with Crippen LogP contribution in [-0.4, -0.2) is 86.8 Å². The molecule has 1 amide bonds. The Morgan fingerprint density at radius 1 is 1.20 bits per heavy atom. The molecule has 4 heterocycles. The van der Waals surface area contributed by atoms with Crippen LogP contribution in [0.25, 0.3) is 33.1 Å². The van der Waals surface area contributed by atoms with Gasteiger partial charge in [-0.25, -0.2) is 23.2 Å². The summed E-state index contributed by atoms with van der Waals surface area (Å²) in [5.74, 6) is -0.547. The quantitative estimate of drug-likeness (QED) is 0.239. The van der Waals surface area contributed by atoms with Crippen LogP contribution in [-0.2, 0) is 4.74 Å². The lowest BCUT2D eigenvalue weighted by Crippen LogP contribution is -2.67. The van der Waals surface area contributed by atoms with Gasteiger partial charge < -0.3 is 19.4 Å². The number of fused-ring (bicyclic) bond motifs is 3. The van der Waals surface area contributed by atoms with E-state index in [0.29, 0.717) is 60.3 Å². The number of rotatable bonds is 5. The maximum atomic E-state index is 16.6. The highest BCUT2D eigenvalue weighted by Crippen LogP contribution is 2.43. The van der Waals surface area contributed by atoms with E-state index >= 15 is 4.39 Å². The molecule has 0 aliphatic carbocycles. The monoisotopic (exact) mass is 650 g/mol. The van der Waals surface area contributed by atoms with Gasteiger partial charge in [0, 0.05) is 30.6 Å². The first kappa shape index (κ1) is 31.9. The van der Waals surface area contributed by atoms with Gasteiger partial charge in [-0.1, -0.05) is 28.9 Å². The third-order valence-corrected chi connectivity index (χ3v) is 9.43. The van der Waals surface area contributed by atoms with Crippen LogP contribution in [0.5, 0.6) is 0 Å². The number of nitrogens with zero attached hydrogens (tertiary/aromatic N) is 8. The minimum absolute atomic E-state index is 0.101. The third-order valence-electron chi connectivity index (χ3n) is 9.14. The summed E-state index contributed by atoms with van der Waals surface area (Å²) in [6.45, 7) is 9.22. The molecule has 10 nitrogen and oxygen atoms in total. The van der Waals surface area contributed by atoms with Gasteiger partial charge in [-0.2, -0.15) is 5.26 Å². The standard InChI is InChI=1S/C33H37ClF2N8O2/c1-32(2,3)46-31(45)43-14-12-22(15-21(43)11-13-37)44-29-23-16-24(34)25(19-7-9-20(35)10-8-19)26(36)27(23)38-30(28(29)39-40-44)42-17-33(4,18-42)41(5)6/h7-10,16,21-22H,11-12,14-15,17-18H2,1-6H3/t21-,22+/m1/s1. The Labute approximate surface area is 271 Å². The van der Waals surface area contributed by atoms with E-state index in [2.05, 4.69) is 33.1 Å². The fourth-order valence-corrected chi connectivity index (χ4v) is 6.73. The molecule has 242 valence electrons. The zero-order valence-corrected chi connectivity index (χ0v) is 27.6. The molecular formula is C33H37ClF2N8O2. The Hall–Kier alpha value is -4.08. The van der Waals surface area contributed by atoms with Crippen molar-refractivity contribution < 1.29 is 18.3 Å². The smallest absolute Gasteiger partial charge is 0.410 e. The van der Waals surface area contributed by atoms with Crippen LogP contribution in [0.2, 0.25) is 5.02 Å². The van der Waals surface area contributed by atoms with Crippen molar-refractivity contribution in [1.29, 1.82) is 5.26 Å². The van der Waals surface area contributed by atoms with E-state index in [1.165, 1.54) is 24.3 Å². The first-order valence-corrected chi connectivity index (χ1v) is 15.7. The van der Waals surface area contributed by atoms with Gasteiger partial charge in [0.05, 0.1) is 35.1 Å². The van der Waals surface area contributed by atoms with Crippen LogP contribution in [0.15, 0.2) is 30.3 Å². The number of piperidine rings is 1. The SMILES string of the molecule is CN(C)C1(C)CN(c2nc3c(F)c(-c4ccc(F)cc4)c(Cl)cc3c3c2nnn3[C@H]2CCN(C(=O)OC(C)(C)C)[C@H](CC#N)C2)C1. The van der Waals surface area contributed by atoms with Crippen molar-refractivity contribution in [2.45, 2.75) is 70.2 Å². The number of carbonyl (C=O) groups is 1. The summed E-state index contributed by atoms with van der Waals surface area (Å²) in [6, 6.07) is 8.72. The number of carbonyl (C=O) groups excluding carboxylic acids is 1. The van der Waals surface area contributed by atoms with Gasteiger partial charge in [-0.05, 0) is 78.4 Å². The largest absolute Gasteiger partial charge is 0.444 e. The summed E-state index contributed by atoms with van der Waals surface area (Å²) in [4.78, 5) is 23.7. The molecule has 4 aromatic rings. The number of nitriles is 1. The Balaban J connectivity index is 1.48. The second-order valence-electron chi connectivity index (χ2n) is 13.7. The Morgan fingerprint density at radius 2 is 1.89 bits per heavy atom. The number of hydrogen-bond donors (Lipinski definition) is 0. The van der Waals surface area contributed by atoms with Gasteiger partial charge in [0.1, 0.15) is 22.5 Å².